The molecule has 0 saturated carbocycles. The molecule has 1 heterocycles. The Bertz CT molecular complexity index is 1070. The highest BCUT2D eigenvalue weighted by atomic mass is 32.2. The van der Waals surface area contributed by atoms with Gasteiger partial charge in [0, 0.05) is 12.1 Å². The van der Waals surface area contributed by atoms with Crippen molar-refractivity contribution in [3.63, 3.8) is 0 Å². The predicted octanol–water partition coefficient (Wildman–Crippen LogP) is 2.93. The summed E-state index contributed by atoms with van der Waals surface area (Å²) in [6.45, 7) is 1.62. The molecule has 1 atom stereocenters. The molecule has 7 nitrogen and oxygen atoms in total. The molecule has 1 N–H and O–H groups in total. The summed E-state index contributed by atoms with van der Waals surface area (Å²) in [5, 5.41) is 9.40. The fourth-order valence-corrected chi connectivity index (χ4v) is 5.09. The molecule has 1 aliphatic rings. The van der Waals surface area contributed by atoms with E-state index in [2.05, 4.69) is 0 Å². The Balaban J connectivity index is 2.13. The van der Waals surface area contributed by atoms with Crippen molar-refractivity contribution < 1.29 is 27.9 Å². The first-order valence-electron chi connectivity index (χ1n) is 8.93. The Kier molecular flexibility index (Phi) is 5.86. The van der Waals surface area contributed by atoms with Crippen LogP contribution in [-0.2, 0) is 19.6 Å². The summed E-state index contributed by atoms with van der Waals surface area (Å²) in [5.41, 5.74) is 1.67. The van der Waals surface area contributed by atoms with Crippen LogP contribution in [0.4, 0.5) is 0 Å². The van der Waals surface area contributed by atoms with Crippen LogP contribution in [0.25, 0.3) is 0 Å². The zero-order valence-corrected chi connectivity index (χ0v) is 16.8. The van der Waals surface area contributed by atoms with Gasteiger partial charge in [-0.3, -0.25) is 0 Å². The number of aryl methyl sites for hydroxylation is 1. The minimum atomic E-state index is -4.19. The van der Waals surface area contributed by atoms with Gasteiger partial charge in [0.2, 0.25) is 10.0 Å². The highest BCUT2D eigenvalue weighted by molar-refractivity contribution is 7.89. The third-order valence-electron chi connectivity index (χ3n) is 4.88. The molecule has 0 bridgehead atoms. The molecular formula is C21H21NO6S. The smallest absolute Gasteiger partial charge is 0.339 e. The molecule has 2 aromatic rings. The van der Waals surface area contributed by atoms with E-state index < -0.39 is 28.0 Å². The van der Waals surface area contributed by atoms with Crippen molar-refractivity contribution in [1.29, 1.82) is 0 Å². The summed E-state index contributed by atoms with van der Waals surface area (Å²) in [6, 6.07) is 12.6. The van der Waals surface area contributed by atoms with Gasteiger partial charge in [0.1, 0.15) is 0 Å². The van der Waals surface area contributed by atoms with Crippen LogP contribution < -0.4 is 0 Å². The minimum absolute atomic E-state index is 0.00696. The van der Waals surface area contributed by atoms with Crippen molar-refractivity contribution in [2.75, 3.05) is 13.7 Å². The number of hydrogen-bond donors (Lipinski definition) is 1. The van der Waals surface area contributed by atoms with E-state index in [0.29, 0.717) is 0 Å². The third-order valence-corrected chi connectivity index (χ3v) is 6.79. The quantitative estimate of drug-likeness (QED) is 0.754. The first-order valence-corrected chi connectivity index (χ1v) is 10.4. The van der Waals surface area contributed by atoms with Gasteiger partial charge >= 0.3 is 11.9 Å². The average molecular weight is 415 g/mol. The first kappa shape index (κ1) is 20.8. The number of sulfonamides is 1. The van der Waals surface area contributed by atoms with E-state index >= 15 is 0 Å². The van der Waals surface area contributed by atoms with Gasteiger partial charge in [-0.2, -0.15) is 4.31 Å². The molecule has 0 saturated heterocycles. The lowest BCUT2D eigenvalue weighted by atomic mass is 9.97. The van der Waals surface area contributed by atoms with Crippen LogP contribution in [0.5, 0.6) is 0 Å². The van der Waals surface area contributed by atoms with Crippen molar-refractivity contribution in [3.8, 4) is 0 Å². The molecule has 1 unspecified atom stereocenters. The van der Waals surface area contributed by atoms with E-state index in [-0.39, 0.29) is 29.0 Å². The number of carboxylic acids is 1. The molecule has 0 fully saturated rings. The molecule has 0 amide bonds. The van der Waals surface area contributed by atoms with E-state index in [0.717, 1.165) is 15.4 Å². The van der Waals surface area contributed by atoms with E-state index in [4.69, 9.17) is 4.74 Å². The number of carbonyl (C=O) groups is 2. The molecule has 152 valence electrons. The molecule has 0 radical (unpaired) electrons. The molecule has 29 heavy (non-hydrogen) atoms. The molecule has 0 aromatic heterocycles. The summed E-state index contributed by atoms with van der Waals surface area (Å²) >= 11 is 0. The summed E-state index contributed by atoms with van der Waals surface area (Å²) in [7, 11) is -3.02. The molecule has 0 spiro atoms. The Morgan fingerprint density at radius 2 is 1.76 bits per heavy atom. The highest BCUT2D eigenvalue weighted by Gasteiger charge is 2.38. The number of aliphatic carboxylic acids is 1. The number of rotatable bonds is 5. The second-order valence-electron chi connectivity index (χ2n) is 6.73. The maximum Gasteiger partial charge on any atom is 0.339 e. The molecule has 1 aliphatic heterocycles. The van der Waals surface area contributed by atoms with Crippen molar-refractivity contribution in [3.05, 3.63) is 76.9 Å². The van der Waals surface area contributed by atoms with Crippen LogP contribution in [0.3, 0.4) is 0 Å². The Hall–Kier alpha value is -2.97. The lowest BCUT2D eigenvalue weighted by molar-refractivity contribution is -0.133. The summed E-state index contributed by atoms with van der Waals surface area (Å²) in [4.78, 5) is 23.4. The maximum absolute atomic E-state index is 13.5. The fraction of sp³-hybridized carbons (Fsp3) is 0.238. The van der Waals surface area contributed by atoms with Gasteiger partial charge in [-0.05, 0) is 31.0 Å². The monoisotopic (exact) mass is 415 g/mol. The van der Waals surface area contributed by atoms with Crippen LogP contribution in [0.1, 0.15) is 33.9 Å². The van der Waals surface area contributed by atoms with E-state index in [1.807, 2.05) is 31.2 Å². The summed E-state index contributed by atoms with van der Waals surface area (Å²) in [6.07, 6.45) is 1.76. The molecular weight excluding hydrogens is 394 g/mol. The normalized spacial score (nSPS) is 17.4. The van der Waals surface area contributed by atoms with Gasteiger partial charge in [-0.25, -0.2) is 18.0 Å². The topological polar surface area (TPSA) is 101 Å². The van der Waals surface area contributed by atoms with Gasteiger partial charge in [-0.15, -0.1) is 0 Å². The van der Waals surface area contributed by atoms with E-state index in [9.17, 15) is 23.1 Å². The third kappa shape index (κ3) is 4.08. The van der Waals surface area contributed by atoms with Crippen molar-refractivity contribution in [1.82, 2.24) is 4.31 Å². The molecule has 0 aliphatic carbocycles. The molecule has 3 rings (SSSR count). The Morgan fingerprint density at radius 3 is 2.38 bits per heavy atom. The largest absolute Gasteiger partial charge is 0.478 e. The fourth-order valence-electron chi connectivity index (χ4n) is 3.31. The van der Waals surface area contributed by atoms with Gasteiger partial charge in [0.25, 0.3) is 0 Å². The van der Waals surface area contributed by atoms with Gasteiger partial charge in [0.05, 0.1) is 23.6 Å². The second-order valence-corrected chi connectivity index (χ2v) is 8.59. The average Bonchev–Trinajstić information content (AvgIpc) is 2.73. The molecule has 8 heteroatoms. The zero-order chi connectivity index (χ0) is 21.2. The Labute approximate surface area is 169 Å². The van der Waals surface area contributed by atoms with Crippen molar-refractivity contribution in [2.45, 2.75) is 24.3 Å². The number of carbonyl (C=O) groups excluding carboxylic acids is 1. The van der Waals surface area contributed by atoms with Crippen molar-refractivity contribution in [2.24, 2.45) is 0 Å². The lowest BCUT2D eigenvalue weighted by Crippen LogP contribution is -2.40. The van der Waals surface area contributed by atoms with Gasteiger partial charge < -0.3 is 9.84 Å². The first-order chi connectivity index (χ1) is 13.8. The number of carboxylic acid groups (broad SMARTS) is 1. The van der Waals surface area contributed by atoms with Crippen LogP contribution in [0, 0.1) is 6.92 Å². The zero-order valence-electron chi connectivity index (χ0n) is 16.0. The second kappa shape index (κ2) is 8.18. The summed E-state index contributed by atoms with van der Waals surface area (Å²) < 4.78 is 32.9. The number of ether oxygens (including phenoxy) is 1. The minimum Gasteiger partial charge on any atom is -0.478 e. The van der Waals surface area contributed by atoms with Crippen LogP contribution in [0.2, 0.25) is 0 Å². The van der Waals surface area contributed by atoms with E-state index in [1.54, 1.807) is 12.1 Å². The number of hydrogen-bond acceptors (Lipinski definition) is 5. The standard InChI is InChI=1S/C21H21NO6S/c1-14-7-9-15(10-8-14)18-12-11-16(20(23)24)13-22(18)29(26,27)19-6-4-3-5-17(19)21(25)28-2/h3-11,18H,12-13H2,1-2H3,(H,23,24). The maximum atomic E-state index is 13.5. The molecule has 2 aromatic carbocycles. The van der Waals surface area contributed by atoms with Crippen molar-refractivity contribution >= 4 is 22.0 Å². The van der Waals surface area contributed by atoms with Gasteiger partial charge in [-0.1, -0.05) is 48.0 Å². The highest BCUT2D eigenvalue weighted by Crippen LogP contribution is 2.36. The Morgan fingerprint density at radius 1 is 1.10 bits per heavy atom. The summed E-state index contributed by atoms with van der Waals surface area (Å²) in [5.74, 6) is -1.95. The SMILES string of the molecule is COC(=O)c1ccccc1S(=O)(=O)N1CC(C(=O)O)=CCC1c1ccc(C)cc1. The predicted molar refractivity (Wildman–Crippen MR) is 106 cm³/mol. The number of nitrogens with zero attached hydrogens (tertiary/aromatic N) is 1. The van der Waals surface area contributed by atoms with Gasteiger partial charge in [0.15, 0.2) is 0 Å². The number of benzene rings is 2. The van der Waals surface area contributed by atoms with Crippen LogP contribution in [-0.4, -0.2) is 43.4 Å². The van der Waals surface area contributed by atoms with Crippen LogP contribution >= 0.6 is 0 Å². The lowest BCUT2D eigenvalue weighted by Gasteiger charge is -2.34. The van der Waals surface area contributed by atoms with E-state index in [1.165, 1.54) is 25.3 Å². The number of esters is 1. The van der Waals surface area contributed by atoms with Crippen LogP contribution in [0.15, 0.2) is 65.1 Å². The number of methoxy groups -OCH3 is 1.